The third-order valence-electron chi connectivity index (χ3n) is 5.51. The van der Waals surface area contributed by atoms with Gasteiger partial charge in [0.15, 0.2) is 0 Å². The first-order chi connectivity index (χ1) is 9.77. The lowest BCUT2D eigenvalue weighted by Gasteiger charge is -2.44. The molecule has 0 bridgehead atoms. The molecule has 1 N–H and O–H groups in total. The minimum absolute atomic E-state index is 0. The van der Waals surface area contributed by atoms with Crippen LogP contribution >= 0.6 is 24.2 Å². The Kier molecular flexibility index (Phi) is 6.70. The van der Waals surface area contributed by atoms with Gasteiger partial charge in [-0.2, -0.15) is 11.8 Å². The third kappa shape index (κ3) is 4.52. The van der Waals surface area contributed by atoms with E-state index in [0.29, 0.717) is 23.8 Å². The summed E-state index contributed by atoms with van der Waals surface area (Å²) in [5, 5.41) is 3.48. The molecular weight excluding hydrogens is 304 g/mol. The monoisotopic (exact) mass is 332 g/mol. The van der Waals surface area contributed by atoms with E-state index in [-0.39, 0.29) is 12.4 Å². The van der Waals surface area contributed by atoms with E-state index < -0.39 is 0 Å². The lowest BCUT2D eigenvalue weighted by Crippen LogP contribution is -2.47. The van der Waals surface area contributed by atoms with Crippen LogP contribution < -0.4 is 5.32 Å². The van der Waals surface area contributed by atoms with Gasteiger partial charge >= 0.3 is 0 Å². The Balaban J connectivity index is 0.00000161. The van der Waals surface area contributed by atoms with Crippen LogP contribution in [0.4, 0.5) is 0 Å². The zero-order valence-electron chi connectivity index (χ0n) is 12.9. The van der Waals surface area contributed by atoms with E-state index >= 15 is 0 Å². The topological polar surface area (TPSA) is 32.3 Å². The standard InChI is InChI=1S/C16H28N2OS.ClH/c19-15(12-14-13-20-11-8-17-14)18-9-6-16(7-10-18)4-2-1-3-5-16;/h14,17H,1-13H2;1H. The van der Waals surface area contributed by atoms with E-state index in [9.17, 15) is 4.79 Å². The fourth-order valence-corrected chi connectivity index (χ4v) is 5.07. The van der Waals surface area contributed by atoms with Gasteiger partial charge in [0.05, 0.1) is 0 Å². The van der Waals surface area contributed by atoms with Crippen LogP contribution in [0.5, 0.6) is 0 Å². The second kappa shape index (κ2) is 8.07. The van der Waals surface area contributed by atoms with Crippen LogP contribution in [0.15, 0.2) is 0 Å². The van der Waals surface area contributed by atoms with E-state index in [4.69, 9.17) is 0 Å². The van der Waals surface area contributed by atoms with Crippen molar-refractivity contribution in [1.29, 1.82) is 0 Å². The van der Waals surface area contributed by atoms with E-state index in [0.717, 1.165) is 25.4 Å². The average Bonchev–Trinajstić information content (AvgIpc) is 2.50. The number of nitrogens with one attached hydrogen (secondary N) is 1. The number of hydrogen-bond acceptors (Lipinski definition) is 3. The number of rotatable bonds is 2. The normalized spacial score (nSPS) is 29.0. The minimum Gasteiger partial charge on any atom is -0.343 e. The van der Waals surface area contributed by atoms with Crippen molar-refractivity contribution in [2.75, 3.05) is 31.1 Å². The number of thioether (sulfide) groups is 1. The summed E-state index contributed by atoms with van der Waals surface area (Å²) in [4.78, 5) is 14.6. The van der Waals surface area contributed by atoms with E-state index in [1.165, 1.54) is 50.7 Å². The molecule has 21 heavy (non-hydrogen) atoms. The van der Waals surface area contributed by atoms with Crippen LogP contribution in [0.25, 0.3) is 0 Å². The van der Waals surface area contributed by atoms with Crippen LogP contribution in [-0.2, 0) is 4.79 Å². The maximum atomic E-state index is 12.4. The van der Waals surface area contributed by atoms with Gasteiger partial charge < -0.3 is 10.2 Å². The molecule has 1 amide bonds. The zero-order valence-corrected chi connectivity index (χ0v) is 14.6. The number of likely N-dealkylation sites (tertiary alicyclic amines) is 1. The predicted octanol–water partition coefficient (Wildman–Crippen LogP) is 3.08. The molecule has 1 unspecified atom stereocenters. The highest BCUT2D eigenvalue weighted by atomic mass is 35.5. The van der Waals surface area contributed by atoms with E-state index in [2.05, 4.69) is 10.2 Å². The van der Waals surface area contributed by atoms with Crippen LogP contribution in [0.1, 0.15) is 51.4 Å². The number of piperidine rings is 1. The van der Waals surface area contributed by atoms with Crippen molar-refractivity contribution in [3.63, 3.8) is 0 Å². The molecule has 122 valence electrons. The molecule has 5 heteroatoms. The van der Waals surface area contributed by atoms with Gasteiger partial charge in [-0.3, -0.25) is 4.79 Å². The Morgan fingerprint density at radius 2 is 1.86 bits per heavy atom. The number of hydrogen-bond donors (Lipinski definition) is 1. The van der Waals surface area contributed by atoms with Crippen LogP contribution in [0, 0.1) is 5.41 Å². The van der Waals surface area contributed by atoms with Crippen LogP contribution in [0.3, 0.4) is 0 Å². The highest BCUT2D eigenvalue weighted by Gasteiger charge is 2.36. The van der Waals surface area contributed by atoms with Crippen LogP contribution in [0.2, 0.25) is 0 Å². The molecule has 0 aromatic heterocycles. The summed E-state index contributed by atoms with van der Waals surface area (Å²) in [7, 11) is 0. The summed E-state index contributed by atoms with van der Waals surface area (Å²) >= 11 is 1.98. The summed E-state index contributed by atoms with van der Waals surface area (Å²) in [5.74, 6) is 2.68. The molecule has 0 aromatic carbocycles. The number of halogens is 1. The Morgan fingerprint density at radius 1 is 1.14 bits per heavy atom. The van der Waals surface area contributed by atoms with Gasteiger partial charge in [-0.05, 0) is 31.1 Å². The van der Waals surface area contributed by atoms with Crippen molar-refractivity contribution in [1.82, 2.24) is 10.2 Å². The van der Waals surface area contributed by atoms with E-state index in [1.54, 1.807) is 0 Å². The van der Waals surface area contributed by atoms with Gasteiger partial charge in [0.1, 0.15) is 0 Å². The lowest BCUT2D eigenvalue weighted by atomic mass is 9.68. The molecule has 2 heterocycles. The average molecular weight is 333 g/mol. The van der Waals surface area contributed by atoms with Gasteiger partial charge in [0, 0.05) is 43.6 Å². The summed E-state index contributed by atoms with van der Waals surface area (Å²) < 4.78 is 0. The Morgan fingerprint density at radius 3 is 2.48 bits per heavy atom. The summed E-state index contributed by atoms with van der Waals surface area (Å²) in [6.45, 7) is 3.09. The molecule has 0 radical (unpaired) electrons. The van der Waals surface area contributed by atoms with Gasteiger partial charge in [-0.15, -0.1) is 12.4 Å². The van der Waals surface area contributed by atoms with Crippen molar-refractivity contribution in [2.45, 2.75) is 57.4 Å². The number of carbonyl (C=O) groups is 1. The van der Waals surface area contributed by atoms with Crippen molar-refractivity contribution in [2.24, 2.45) is 5.41 Å². The third-order valence-corrected chi connectivity index (χ3v) is 6.64. The molecule has 3 fully saturated rings. The molecule has 3 nitrogen and oxygen atoms in total. The molecule has 1 atom stereocenters. The fourth-order valence-electron chi connectivity index (χ4n) is 4.12. The van der Waals surface area contributed by atoms with Crippen molar-refractivity contribution in [3.8, 4) is 0 Å². The molecule has 1 spiro atoms. The highest BCUT2D eigenvalue weighted by molar-refractivity contribution is 7.99. The first-order valence-electron chi connectivity index (χ1n) is 8.36. The fraction of sp³-hybridized carbons (Fsp3) is 0.938. The molecular formula is C16H29ClN2OS. The molecule has 2 saturated heterocycles. The van der Waals surface area contributed by atoms with Gasteiger partial charge in [0.2, 0.25) is 5.91 Å². The minimum atomic E-state index is 0. The van der Waals surface area contributed by atoms with Gasteiger partial charge in [-0.25, -0.2) is 0 Å². The SMILES string of the molecule is Cl.O=C(CC1CSCCN1)N1CCC2(CCCCC2)CC1. The second-order valence-corrected chi connectivity index (χ2v) is 8.02. The quantitative estimate of drug-likeness (QED) is 0.843. The Bertz CT molecular complexity index is 331. The summed E-state index contributed by atoms with van der Waals surface area (Å²) in [6.07, 6.45) is 10.3. The predicted molar refractivity (Wildman–Crippen MR) is 92.3 cm³/mol. The largest absolute Gasteiger partial charge is 0.343 e. The van der Waals surface area contributed by atoms with Crippen molar-refractivity contribution >= 4 is 30.1 Å². The second-order valence-electron chi connectivity index (χ2n) is 6.87. The number of amides is 1. The van der Waals surface area contributed by atoms with Gasteiger partial charge in [-0.1, -0.05) is 19.3 Å². The van der Waals surface area contributed by atoms with Crippen LogP contribution in [-0.4, -0.2) is 48.0 Å². The maximum Gasteiger partial charge on any atom is 0.224 e. The number of nitrogens with zero attached hydrogens (tertiary/aromatic N) is 1. The van der Waals surface area contributed by atoms with Gasteiger partial charge in [0.25, 0.3) is 0 Å². The maximum absolute atomic E-state index is 12.4. The molecule has 1 aliphatic carbocycles. The Hall–Kier alpha value is 0.0700. The molecule has 3 rings (SSSR count). The first-order valence-corrected chi connectivity index (χ1v) is 9.52. The van der Waals surface area contributed by atoms with E-state index in [1.807, 2.05) is 11.8 Å². The van der Waals surface area contributed by atoms with Crippen molar-refractivity contribution in [3.05, 3.63) is 0 Å². The zero-order chi connectivity index (χ0) is 13.8. The Labute approximate surface area is 139 Å². The highest BCUT2D eigenvalue weighted by Crippen LogP contribution is 2.44. The lowest BCUT2D eigenvalue weighted by molar-refractivity contribution is -0.134. The summed E-state index contributed by atoms with van der Waals surface area (Å²) in [6, 6.07) is 0.409. The molecule has 0 aromatic rings. The van der Waals surface area contributed by atoms with Crippen molar-refractivity contribution < 1.29 is 4.79 Å². The summed E-state index contributed by atoms with van der Waals surface area (Å²) in [5.41, 5.74) is 0.605. The molecule has 1 saturated carbocycles. The smallest absolute Gasteiger partial charge is 0.224 e. The first kappa shape index (κ1) is 17.4. The molecule has 3 aliphatic rings. The number of carbonyl (C=O) groups excluding carboxylic acids is 1. The molecule has 2 aliphatic heterocycles.